The van der Waals surface area contributed by atoms with E-state index in [1.807, 2.05) is 13.8 Å². The molecule has 1 N–H and O–H groups in total. The van der Waals surface area contributed by atoms with Crippen LogP contribution in [0.3, 0.4) is 0 Å². The molecule has 90 valence electrons. The molecule has 0 rings (SSSR count). The average Bonchev–Trinajstić information content (AvgIpc) is 2.13. The second-order valence-corrected chi connectivity index (χ2v) is 4.63. The highest BCUT2D eigenvalue weighted by Crippen LogP contribution is 2.15. The molecule has 0 aliphatic carbocycles. The van der Waals surface area contributed by atoms with Gasteiger partial charge in [-0.1, -0.05) is 13.8 Å². The van der Waals surface area contributed by atoms with E-state index in [4.69, 9.17) is 9.84 Å². The Balaban J connectivity index is 3.48. The fourth-order valence-electron chi connectivity index (χ4n) is 1.31. The number of hydrogen-bond acceptors (Lipinski definition) is 2. The highest BCUT2D eigenvalue weighted by atomic mass is 16.5. The highest BCUT2D eigenvalue weighted by Gasteiger charge is 2.12. The Kier molecular flexibility index (Phi) is 7.39. The van der Waals surface area contributed by atoms with E-state index in [1.54, 1.807) is 6.92 Å². The van der Waals surface area contributed by atoms with Crippen LogP contribution in [0.15, 0.2) is 0 Å². The molecule has 0 aromatic rings. The lowest BCUT2D eigenvalue weighted by atomic mass is 9.96. The van der Waals surface area contributed by atoms with Gasteiger partial charge >= 0.3 is 5.97 Å². The van der Waals surface area contributed by atoms with Crippen LogP contribution < -0.4 is 0 Å². The first-order valence-corrected chi connectivity index (χ1v) is 5.77. The van der Waals surface area contributed by atoms with Gasteiger partial charge in [0.15, 0.2) is 0 Å². The van der Waals surface area contributed by atoms with Gasteiger partial charge in [0.2, 0.25) is 0 Å². The Hall–Kier alpha value is -0.570. The van der Waals surface area contributed by atoms with Crippen molar-refractivity contribution in [3.8, 4) is 0 Å². The SMILES string of the molecule is CC(CCOC(C)C)CCC(C)C(=O)O. The van der Waals surface area contributed by atoms with E-state index in [2.05, 4.69) is 6.92 Å². The molecule has 3 heteroatoms. The number of carboxylic acids is 1. The number of rotatable bonds is 8. The summed E-state index contributed by atoms with van der Waals surface area (Å²) in [5, 5.41) is 8.72. The first-order chi connectivity index (χ1) is 6.93. The Bertz CT molecular complexity index is 178. The maximum atomic E-state index is 10.6. The molecule has 15 heavy (non-hydrogen) atoms. The maximum Gasteiger partial charge on any atom is 0.306 e. The Labute approximate surface area is 92.8 Å². The molecule has 0 bridgehead atoms. The van der Waals surface area contributed by atoms with E-state index in [0.29, 0.717) is 5.92 Å². The third-order valence-corrected chi connectivity index (χ3v) is 2.58. The summed E-state index contributed by atoms with van der Waals surface area (Å²) in [6, 6.07) is 0. The monoisotopic (exact) mass is 216 g/mol. The average molecular weight is 216 g/mol. The van der Waals surface area contributed by atoms with Gasteiger partial charge in [0.1, 0.15) is 0 Å². The third kappa shape index (κ3) is 8.43. The predicted molar refractivity (Wildman–Crippen MR) is 60.9 cm³/mol. The summed E-state index contributed by atoms with van der Waals surface area (Å²) < 4.78 is 5.45. The van der Waals surface area contributed by atoms with Crippen LogP contribution >= 0.6 is 0 Å². The van der Waals surface area contributed by atoms with Crippen LogP contribution in [0, 0.1) is 11.8 Å². The minimum absolute atomic E-state index is 0.224. The van der Waals surface area contributed by atoms with E-state index in [1.165, 1.54) is 0 Å². The van der Waals surface area contributed by atoms with Gasteiger partial charge in [-0.2, -0.15) is 0 Å². The van der Waals surface area contributed by atoms with Crippen molar-refractivity contribution in [2.24, 2.45) is 11.8 Å². The summed E-state index contributed by atoms with van der Waals surface area (Å²) in [5.41, 5.74) is 0. The standard InChI is InChI=1S/C12H24O3/c1-9(2)15-8-7-10(3)5-6-11(4)12(13)14/h9-11H,5-8H2,1-4H3,(H,13,14). The molecule has 0 radical (unpaired) electrons. The second kappa shape index (κ2) is 7.69. The largest absolute Gasteiger partial charge is 0.481 e. The smallest absolute Gasteiger partial charge is 0.306 e. The molecule has 3 nitrogen and oxygen atoms in total. The fraction of sp³-hybridized carbons (Fsp3) is 0.917. The molecule has 0 saturated heterocycles. The lowest BCUT2D eigenvalue weighted by Crippen LogP contribution is -2.12. The molecule has 0 aromatic carbocycles. The topological polar surface area (TPSA) is 46.5 Å². The van der Waals surface area contributed by atoms with E-state index < -0.39 is 5.97 Å². The molecule has 0 fully saturated rings. The van der Waals surface area contributed by atoms with Crippen LogP contribution in [-0.2, 0) is 9.53 Å². The van der Waals surface area contributed by atoms with Crippen molar-refractivity contribution < 1.29 is 14.6 Å². The number of aliphatic carboxylic acids is 1. The number of hydrogen-bond donors (Lipinski definition) is 1. The van der Waals surface area contributed by atoms with Crippen molar-refractivity contribution in [2.75, 3.05) is 6.61 Å². The van der Waals surface area contributed by atoms with E-state index in [9.17, 15) is 4.79 Å². The Morgan fingerprint density at radius 2 is 1.73 bits per heavy atom. The fourth-order valence-corrected chi connectivity index (χ4v) is 1.31. The molecule has 0 aliphatic rings. The molecular weight excluding hydrogens is 192 g/mol. The van der Waals surface area contributed by atoms with E-state index >= 15 is 0 Å². The van der Waals surface area contributed by atoms with Crippen LogP contribution in [0.4, 0.5) is 0 Å². The molecule has 0 spiro atoms. The molecule has 0 heterocycles. The van der Waals surface area contributed by atoms with Crippen molar-refractivity contribution in [1.82, 2.24) is 0 Å². The van der Waals surface area contributed by atoms with Crippen LogP contribution in [0.5, 0.6) is 0 Å². The summed E-state index contributed by atoms with van der Waals surface area (Å²) in [7, 11) is 0. The first kappa shape index (κ1) is 14.4. The third-order valence-electron chi connectivity index (χ3n) is 2.58. The van der Waals surface area contributed by atoms with Gasteiger partial charge in [0.25, 0.3) is 0 Å². The number of carbonyl (C=O) groups is 1. The van der Waals surface area contributed by atoms with Crippen LogP contribution in [0.2, 0.25) is 0 Å². The molecule has 0 amide bonds. The molecule has 0 saturated carbocycles. The lowest BCUT2D eigenvalue weighted by Gasteiger charge is -2.14. The maximum absolute atomic E-state index is 10.6. The van der Waals surface area contributed by atoms with Gasteiger partial charge in [-0.25, -0.2) is 0 Å². The minimum Gasteiger partial charge on any atom is -0.481 e. The number of ether oxygens (including phenoxy) is 1. The summed E-state index contributed by atoms with van der Waals surface area (Å²) in [6.45, 7) is 8.74. The quantitative estimate of drug-likeness (QED) is 0.678. The zero-order valence-corrected chi connectivity index (χ0v) is 10.3. The second-order valence-electron chi connectivity index (χ2n) is 4.63. The van der Waals surface area contributed by atoms with Crippen LogP contribution in [0.25, 0.3) is 0 Å². The normalized spacial score (nSPS) is 15.3. The van der Waals surface area contributed by atoms with Crippen LogP contribution in [-0.4, -0.2) is 23.8 Å². The summed E-state index contributed by atoms with van der Waals surface area (Å²) in [6.07, 6.45) is 3.03. The molecule has 0 aliphatic heterocycles. The summed E-state index contributed by atoms with van der Waals surface area (Å²) >= 11 is 0. The van der Waals surface area contributed by atoms with Gasteiger partial charge in [0.05, 0.1) is 12.0 Å². The molecule has 2 unspecified atom stereocenters. The van der Waals surface area contributed by atoms with Gasteiger partial charge < -0.3 is 9.84 Å². The van der Waals surface area contributed by atoms with Crippen molar-refractivity contribution in [2.45, 2.75) is 53.1 Å². The van der Waals surface area contributed by atoms with E-state index in [0.717, 1.165) is 25.9 Å². The lowest BCUT2D eigenvalue weighted by molar-refractivity contribution is -0.141. The molecular formula is C12H24O3. The Morgan fingerprint density at radius 1 is 1.13 bits per heavy atom. The van der Waals surface area contributed by atoms with E-state index in [-0.39, 0.29) is 12.0 Å². The van der Waals surface area contributed by atoms with Crippen molar-refractivity contribution in [1.29, 1.82) is 0 Å². The van der Waals surface area contributed by atoms with Gasteiger partial charge in [0, 0.05) is 6.61 Å². The zero-order chi connectivity index (χ0) is 11.8. The van der Waals surface area contributed by atoms with Crippen molar-refractivity contribution >= 4 is 5.97 Å². The highest BCUT2D eigenvalue weighted by molar-refractivity contribution is 5.69. The summed E-state index contributed by atoms with van der Waals surface area (Å²) in [4.78, 5) is 10.6. The van der Waals surface area contributed by atoms with Gasteiger partial charge in [-0.05, 0) is 39.0 Å². The van der Waals surface area contributed by atoms with Gasteiger partial charge in [-0.15, -0.1) is 0 Å². The summed E-state index contributed by atoms with van der Waals surface area (Å²) in [5.74, 6) is -0.371. The van der Waals surface area contributed by atoms with Gasteiger partial charge in [-0.3, -0.25) is 4.79 Å². The van der Waals surface area contributed by atoms with Crippen LogP contribution in [0.1, 0.15) is 47.0 Å². The first-order valence-electron chi connectivity index (χ1n) is 5.77. The molecule has 0 aromatic heterocycles. The number of carboxylic acid groups (broad SMARTS) is 1. The Morgan fingerprint density at radius 3 is 2.20 bits per heavy atom. The van der Waals surface area contributed by atoms with Crippen molar-refractivity contribution in [3.05, 3.63) is 0 Å². The zero-order valence-electron chi connectivity index (χ0n) is 10.3. The minimum atomic E-state index is -0.694. The molecule has 2 atom stereocenters. The van der Waals surface area contributed by atoms with Crippen molar-refractivity contribution in [3.63, 3.8) is 0 Å². The predicted octanol–water partition coefficient (Wildman–Crippen LogP) is 2.94.